The molecule has 0 bridgehead atoms. The van der Waals surface area contributed by atoms with E-state index in [0.29, 0.717) is 0 Å². The predicted octanol–water partition coefficient (Wildman–Crippen LogP) is 2.66. The fraction of sp³-hybridized carbons (Fsp3) is 0.500. The summed E-state index contributed by atoms with van der Waals surface area (Å²) in [6, 6.07) is 10.4. The highest BCUT2D eigenvalue weighted by Crippen LogP contribution is 2.56. The molecule has 1 heterocycles. The van der Waals surface area contributed by atoms with Crippen LogP contribution in [0, 0.1) is 58.2 Å². The van der Waals surface area contributed by atoms with Gasteiger partial charge in [0.1, 0.15) is 12.0 Å². The molecule has 1 aromatic heterocycles. The average molecular weight is 323 g/mol. The normalized spacial score (nSPS) is 31.9. The van der Waals surface area contributed by atoms with Crippen LogP contribution in [0.3, 0.4) is 0 Å². The van der Waals surface area contributed by atoms with Crippen LogP contribution in [-0.4, -0.2) is 6.04 Å². The molecule has 0 amide bonds. The number of rotatable bonds is 1. The molecule has 3 rings (SSSR count). The van der Waals surface area contributed by atoms with Gasteiger partial charge in [-0.3, -0.25) is 0 Å². The van der Waals surface area contributed by atoms with Gasteiger partial charge in [0.15, 0.2) is 0 Å². The van der Waals surface area contributed by atoms with E-state index in [2.05, 4.69) is 30.0 Å². The van der Waals surface area contributed by atoms with Crippen LogP contribution in [-0.2, 0) is 0 Å². The number of aryl methyl sites for hydroxylation is 1. The summed E-state index contributed by atoms with van der Waals surface area (Å²) in [7, 11) is 0. The van der Waals surface area contributed by atoms with Crippen molar-refractivity contribution in [2.75, 3.05) is 0 Å². The van der Waals surface area contributed by atoms with Crippen molar-refractivity contribution in [1.29, 1.82) is 15.8 Å². The molecule has 1 fully saturated rings. The van der Waals surface area contributed by atoms with Crippen molar-refractivity contribution in [1.82, 2.24) is 0 Å². The van der Waals surface area contributed by atoms with E-state index >= 15 is 0 Å². The number of hydrogen-bond acceptors (Lipinski definition) is 4. The number of hydrogen-bond donors (Lipinski definition) is 1. The second kappa shape index (κ2) is 5.82. The van der Waals surface area contributed by atoms with E-state index in [0.717, 1.165) is 29.7 Å². The lowest BCUT2D eigenvalue weighted by atomic mass is 9.53. The van der Waals surface area contributed by atoms with Crippen LogP contribution in [0.25, 0.3) is 0 Å². The summed E-state index contributed by atoms with van der Waals surface area (Å²) in [5.41, 5.74) is 3.98. The third-order valence-corrected chi connectivity index (χ3v) is 6.43. The zero-order chi connectivity index (χ0) is 16.6. The van der Waals surface area contributed by atoms with Crippen LogP contribution in [0.4, 0.5) is 0 Å². The van der Waals surface area contributed by atoms with Crippen LogP contribution < -0.4 is 5.73 Å². The second-order valence-corrected chi connectivity index (χ2v) is 7.79. The van der Waals surface area contributed by atoms with Gasteiger partial charge in [0.2, 0.25) is 5.41 Å². The Hall–Kier alpha value is -2.13. The maximum absolute atomic E-state index is 9.92. The third-order valence-electron chi connectivity index (χ3n) is 5.34. The molecule has 3 N–H and O–H groups in total. The summed E-state index contributed by atoms with van der Waals surface area (Å²) >= 11 is 1.65. The van der Waals surface area contributed by atoms with Gasteiger partial charge in [0, 0.05) is 15.7 Å². The lowest BCUT2D eigenvalue weighted by Crippen LogP contribution is -2.74. The molecule has 23 heavy (non-hydrogen) atoms. The van der Waals surface area contributed by atoms with Crippen molar-refractivity contribution in [2.24, 2.45) is 17.3 Å². The van der Waals surface area contributed by atoms with Gasteiger partial charge in [-0.15, -0.1) is 11.3 Å². The molecule has 1 aromatic rings. The maximum atomic E-state index is 9.92. The number of nitrogens with zero attached hydrogens (tertiary/aromatic N) is 3. The van der Waals surface area contributed by atoms with Crippen molar-refractivity contribution < 1.29 is 5.73 Å². The van der Waals surface area contributed by atoms with Crippen LogP contribution in [0.1, 0.15) is 34.9 Å². The van der Waals surface area contributed by atoms with Crippen molar-refractivity contribution >= 4 is 11.3 Å². The maximum Gasteiger partial charge on any atom is 0.204 e. The minimum Gasteiger partial charge on any atom is -0.352 e. The van der Waals surface area contributed by atoms with Gasteiger partial charge < -0.3 is 5.73 Å². The SMILES string of the molecule is Cc1ccc([C@@H]2[C@@H]3CCCC=C3[C@H](C#N)[C@H]([NH3+])C2(C#N)C#N)s1. The molecule has 0 unspecified atom stereocenters. The van der Waals surface area contributed by atoms with E-state index in [-0.39, 0.29) is 11.8 Å². The lowest BCUT2D eigenvalue weighted by Gasteiger charge is -2.46. The average Bonchev–Trinajstić information content (AvgIpc) is 3.00. The number of allylic oxidation sites excluding steroid dienone is 1. The first-order valence-electron chi connectivity index (χ1n) is 7.90. The summed E-state index contributed by atoms with van der Waals surface area (Å²) in [5.74, 6) is -0.518. The summed E-state index contributed by atoms with van der Waals surface area (Å²) in [5, 5.41) is 29.5. The van der Waals surface area contributed by atoms with Gasteiger partial charge >= 0.3 is 0 Å². The second-order valence-electron chi connectivity index (χ2n) is 6.47. The molecule has 2 aliphatic rings. The molecule has 0 aromatic carbocycles. The van der Waals surface area contributed by atoms with Crippen molar-refractivity contribution in [3.8, 4) is 18.2 Å². The number of fused-ring (bicyclic) bond motifs is 1. The highest BCUT2D eigenvalue weighted by atomic mass is 32.1. The van der Waals surface area contributed by atoms with Gasteiger partial charge in [-0.1, -0.05) is 6.08 Å². The molecule has 0 radical (unpaired) electrons. The van der Waals surface area contributed by atoms with Gasteiger partial charge in [0.25, 0.3) is 0 Å². The molecule has 0 aliphatic heterocycles. The van der Waals surface area contributed by atoms with Crippen LogP contribution in [0.2, 0.25) is 0 Å². The minimum absolute atomic E-state index is 0.101. The standard InChI is InChI=1S/C18H18N4S/c1-11-6-7-15(23-11)16-13-5-3-2-4-12(13)14(8-19)17(22)18(16,9-20)10-21/h4,6-7,13-14,16-17H,2-3,5,22H2,1H3/p+1/t13-,14+,16+,17+/m1/s1. The van der Waals surface area contributed by atoms with Crippen molar-refractivity contribution in [2.45, 2.75) is 38.1 Å². The molecule has 0 saturated heterocycles. The largest absolute Gasteiger partial charge is 0.352 e. The quantitative estimate of drug-likeness (QED) is 0.804. The van der Waals surface area contributed by atoms with E-state index in [4.69, 9.17) is 0 Å². The first kappa shape index (κ1) is 15.8. The predicted molar refractivity (Wildman–Crippen MR) is 86.7 cm³/mol. The molecule has 1 saturated carbocycles. The zero-order valence-electron chi connectivity index (χ0n) is 13.1. The van der Waals surface area contributed by atoms with Crippen molar-refractivity contribution in [3.05, 3.63) is 33.5 Å². The minimum atomic E-state index is -1.24. The number of nitriles is 3. The van der Waals surface area contributed by atoms with Gasteiger partial charge in [-0.05, 0) is 49.8 Å². The molecule has 0 spiro atoms. The summed E-state index contributed by atoms with van der Waals surface area (Å²) in [6.07, 6.45) is 5.11. The number of thiophene rings is 1. The topological polar surface area (TPSA) is 99.0 Å². The van der Waals surface area contributed by atoms with Crippen LogP contribution >= 0.6 is 11.3 Å². The summed E-state index contributed by atoms with van der Waals surface area (Å²) < 4.78 is 0. The Labute approximate surface area is 140 Å². The zero-order valence-corrected chi connectivity index (χ0v) is 13.9. The van der Waals surface area contributed by atoms with Gasteiger partial charge in [0.05, 0.1) is 18.2 Å². The Morgan fingerprint density at radius 2 is 2.00 bits per heavy atom. The van der Waals surface area contributed by atoms with E-state index in [9.17, 15) is 15.8 Å². The molecular formula is C18H19N4S+. The van der Waals surface area contributed by atoms with Crippen molar-refractivity contribution in [3.63, 3.8) is 0 Å². The van der Waals surface area contributed by atoms with E-state index in [1.54, 1.807) is 11.3 Å². The monoisotopic (exact) mass is 323 g/mol. The highest BCUT2D eigenvalue weighted by Gasteiger charge is 2.61. The highest BCUT2D eigenvalue weighted by molar-refractivity contribution is 7.12. The van der Waals surface area contributed by atoms with E-state index in [1.165, 1.54) is 4.88 Å². The molecule has 5 heteroatoms. The van der Waals surface area contributed by atoms with E-state index in [1.807, 2.05) is 19.1 Å². The molecule has 4 nitrogen and oxygen atoms in total. The molecule has 2 aliphatic carbocycles. The third kappa shape index (κ3) is 2.19. The Balaban J connectivity index is 2.23. The molecular weight excluding hydrogens is 304 g/mol. The van der Waals surface area contributed by atoms with E-state index < -0.39 is 17.4 Å². The Bertz CT molecular complexity index is 756. The Morgan fingerprint density at radius 1 is 1.26 bits per heavy atom. The molecule has 116 valence electrons. The number of quaternary nitrogens is 1. The molecule has 4 atom stereocenters. The fourth-order valence-electron chi connectivity index (χ4n) is 4.22. The van der Waals surface area contributed by atoms with Gasteiger partial charge in [-0.2, -0.15) is 15.8 Å². The summed E-state index contributed by atoms with van der Waals surface area (Å²) in [4.78, 5) is 2.25. The first-order valence-corrected chi connectivity index (χ1v) is 8.72. The fourth-order valence-corrected chi connectivity index (χ4v) is 5.34. The first-order chi connectivity index (χ1) is 11.1. The smallest absolute Gasteiger partial charge is 0.204 e. The lowest BCUT2D eigenvalue weighted by molar-refractivity contribution is -0.449. The van der Waals surface area contributed by atoms with Crippen LogP contribution in [0.15, 0.2) is 23.8 Å². The summed E-state index contributed by atoms with van der Waals surface area (Å²) in [6.45, 7) is 2.04. The Morgan fingerprint density at radius 3 is 2.57 bits per heavy atom. The van der Waals surface area contributed by atoms with Crippen LogP contribution in [0.5, 0.6) is 0 Å². The van der Waals surface area contributed by atoms with Gasteiger partial charge in [-0.25, -0.2) is 0 Å². The Kier molecular flexibility index (Phi) is 3.99.